The number of hydrogen-bond acceptors (Lipinski definition) is 12. The fourth-order valence-corrected chi connectivity index (χ4v) is 2.55. The zero-order chi connectivity index (χ0) is 24.4. The van der Waals surface area contributed by atoms with Crippen LogP contribution in [0.4, 0.5) is 11.9 Å². The summed E-state index contributed by atoms with van der Waals surface area (Å²) in [7, 11) is 0. The van der Waals surface area contributed by atoms with Gasteiger partial charge in [0, 0.05) is 13.1 Å². The highest BCUT2D eigenvalue weighted by Crippen LogP contribution is 2.13. The average molecular weight is 511 g/mol. The zero-order valence-corrected chi connectivity index (χ0v) is 19.8. The van der Waals surface area contributed by atoms with Gasteiger partial charge in [-0.05, 0) is 36.0 Å². The lowest BCUT2D eigenvalue weighted by atomic mass is 10.3. The molecule has 0 saturated carbocycles. The molecule has 2 rings (SSSR count). The van der Waals surface area contributed by atoms with Crippen LogP contribution in [-0.4, -0.2) is 82.6 Å². The maximum absolute atomic E-state index is 5.92. The van der Waals surface area contributed by atoms with Crippen molar-refractivity contribution < 1.29 is 18.9 Å². The number of aromatic nitrogens is 6. The third kappa shape index (κ3) is 11.6. The molecule has 0 fully saturated rings. The molecule has 34 heavy (non-hydrogen) atoms. The molecule has 0 radical (unpaired) electrons. The molecule has 14 heteroatoms. The number of nitrogens with zero attached hydrogens (tertiary/aromatic N) is 6. The molecule has 2 aromatic heterocycles. The lowest BCUT2D eigenvalue weighted by Gasteiger charge is -2.09. The number of terminal acetylenes is 2. The molecule has 2 N–H and O–H groups in total. The van der Waals surface area contributed by atoms with Crippen molar-refractivity contribution in [1.29, 1.82) is 0 Å². The molecule has 0 aliphatic carbocycles. The highest BCUT2D eigenvalue weighted by atomic mass is 35.5. The van der Waals surface area contributed by atoms with E-state index < -0.39 is 0 Å². The Morgan fingerprint density at radius 1 is 0.647 bits per heavy atom. The fraction of sp³-hybridized carbons (Fsp3) is 0.500. The number of hydrogen-bond donors (Lipinski definition) is 2. The summed E-state index contributed by atoms with van der Waals surface area (Å²) in [6.07, 6.45) is 11.8. The molecule has 2 heterocycles. The van der Waals surface area contributed by atoms with Gasteiger partial charge >= 0.3 is 12.0 Å². The summed E-state index contributed by atoms with van der Waals surface area (Å²) in [5.74, 6) is 5.35. The first kappa shape index (κ1) is 27.1. The summed E-state index contributed by atoms with van der Waals surface area (Å²) < 4.78 is 21.0. The van der Waals surface area contributed by atoms with Crippen molar-refractivity contribution in [2.24, 2.45) is 0 Å². The van der Waals surface area contributed by atoms with Crippen LogP contribution < -0.4 is 20.1 Å². The van der Waals surface area contributed by atoms with Crippen LogP contribution in [0.2, 0.25) is 10.6 Å². The molecule has 0 aromatic carbocycles. The van der Waals surface area contributed by atoms with Crippen LogP contribution in [-0.2, 0) is 9.47 Å². The van der Waals surface area contributed by atoms with Crippen LogP contribution in [0.15, 0.2) is 0 Å². The third-order valence-electron chi connectivity index (χ3n) is 3.63. The van der Waals surface area contributed by atoms with Gasteiger partial charge in [-0.15, -0.1) is 12.8 Å². The lowest BCUT2D eigenvalue weighted by Crippen LogP contribution is -2.13. The van der Waals surface area contributed by atoms with E-state index in [9.17, 15) is 0 Å². The Morgan fingerprint density at radius 2 is 1.09 bits per heavy atom. The summed E-state index contributed by atoms with van der Waals surface area (Å²) in [4.78, 5) is 24.2. The zero-order valence-electron chi connectivity index (χ0n) is 18.3. The van der Waals surface area contributed by atoms with E-state index in [-0.39, 0.29) is 49.0 Å². The number of halogens is 2. The van der Waals surface area contributed by atoms with Crippen molar-refractivity contribution >= 4 is 35.1 Å². The molecule has 0 aliphatic rings. The third-order valence-corrected chi connectivity index (χ3v) is 3.97. The minimum absolute atomic E-state index is 0.0195. The van der Waals surface area contributed by atoms with Gasteiger partial charge < -0.3 is 29.6 Å². The van der Waals surface area contributed by atoms with Gasteiger partial charge in [0.1, 0.15) is 26.4 Å². The van der Waals surface area contributed by atoms with E-state index in [2.05, 4.69) is 52.4 Å². The van der Waals surface area contributed by atoms with E-state index in [1.807, 2.05) is 0 Å². The number of anilines is 2. The summed E-state index contributed by atoms with van der Waals surface area (Å²) in [5.41, 5.74) is 0. The molecule has 0 unspecified atom stereocenters. The minimum atomic E-state index is 0.0195. The van der Waals surface area contributed by atoms with Gasteiger partial charge in [-0.3, -0.25) is 0 Å². The molecule has 0 atom stereocenters. The van der Waals surface area contributed by atoms with Crippen molar-refractivity contribution in [3.05, 3.63) is 10.6 Å². The second-order valence-corrected chi connectivity index (χ2v) is 6.87. The Bertz CT molecular complexity index is 893. The largest absolute Gasteiger partial charge is 0.461 e. The van der Waals surface area contributed by atoms with Gasteiger partial charge in [0.05, 0.1) is 13.2 Å². The number of unbranched alkanes of at least 4 members (excludes halogenated alkanes) is 1. The first-order valence-corrected chi connectivity index (χ1v) is 10.9. The van der Waals surface area contributed by atoms with Crippen LogP contribution in [0.3, 0.4) is 0 Å². The molecule has 12 nitrogen and oxygen atoms in total. The van der Waals surface area contributed by atoms with E-state index in [0.29, 0.717) is 38.2 Å². The number of nitrogens with one attached hydrogen (secondary N) is 2. The summed E-state index contributed by atoms with van der Waals surface area (Å²) in [6.45, 7) is 2.70. The van der Waals surface area contributed by atoms with Gasteiger partial charge in [0.15, 0.2) is 0 Å². The Labute approximate surface area is 207 Å². The van der Waals surface area contributed by atoms with Crippen molar-refractivity contribution in [3.8, 4) is 36.7 Å². The molecule has 182 valence electrons. The predicted molar refractivity (Wildman–Crippen MR) is 126 cm³/mol. The van der Waals surface area contributed by atoms with E-state index in [1.165, 1.54) is 0 Å². The number of rotatable bonds is 17. The van der Waals surface area contributed by atoms with Gasteiger partial charge in [0.25, 0.3) is 0 Å². The first-order chi connectivity index (χ1) is 16.6. The summed E-state index contributed by atoms with van der Waals surface area (Å²) >= 11 is 11.8. The smallest absolute Gasteiger partial charge is 0.322 e. The minimum Gasteiger partial charge on any atom is -0.461 e. The number of ether oxygens (including phenoxy) is 4. The van der Waals surface area contributed by atoms with Crippen molar-refractivity contribution in [2.75, 3.05) is 63.4 Å². The van der Waals surface area contributed by atoms with Crippen molar-refractivity contribution in [1.82, 2.24) is 29.9 Å². The van der Waals surface area contributed by atoms with Crippen molar-refractivity contribution in [2.45, 2.75) is 12.8 Å². The van der Waals surface area contributed by atoms with Crippen LogP contribution in [0.1, 0.15) is 12.8 Å². The summed E-state index contributed by atoms with van der Waals surface area (Å²) in [6, 6.07) is 0.196. The quantitative estimate of drug-likeness (QED) is 0.236. The van der Waals surface area contributed by atoms with E-state index in [1.54, 1.807) is 0 Å². The standard InChI is InChI=1S/C20H24Cl2N8O4/c1-3-9-31-11-13-33-19-27-15(21)25-17(29-19)23-7-5-6-8-24-18-26-16(22)28-20(30-18)34-14-12-32-10-4-2/h1-2H,5-14H2,(H,23,25,27,29)(H,24,26,28,30). The van der Waals surface area contributed by atoms with Gasteiger partial charge in [-0.25, -0.2) is 0 Å². The molecule has 0 saturated heterocycles. The Morgan fingerprint density at radius 3 is 1.50 bits per heavy atom. The molecule has 0 amide bonds. The molecular formula is C20H24Cl2N8O4. The van der Waals surface area contributed by atoms with Gasteiger partial charge in [0.2, 0.25) is 22.5 Å². The second-order valence-electron chi connectivity index (χ2n) is 6.19. The van der Waals surface area contributed by atoms with E-state index in [4.69, 9.17) is 55.0 Å². The maximum atomic E-state index is 5.92. The molecule has 0 aliphatic heterocycles. The molecule has 2 aromatic rings. The van der Waals surface area contributed by atoms with Crippen molar-refractivity contribution in [3.63, 3.8) is 0 Å². The SMILES string of the molecule is C#CCOCCOc1nc(Cl)nc(NCCCCNc2nc(Cl)nc(OCCOCC#C)n2)n1. The lowest BCUT2D eigenvalue weighted by molar-refractivity contribution is 0.120. The first-order valence-electron chi connectivity index (χ1n) is 10.2. The van der Waals surface area contributed by atoms with Gasteiger partial charge in [-0.1, -0.05) is 11.8 Å². The van der Waals surface area contributed by atoms with Crippen LogP contribution in [0.25, 0.3) is 0 Å². The second kappa shape index (κ2) is 16.5. The maximum Gasteiger partial charge on any atom is 0.322 e. The highest BCUT2D eigenvalue weighted by molar-refractivity contribution is 6.28. The van der Waals surface area contributed by atoms with Crippen LogP contribution >= 0.6 is 23.2 Å². The predicted octanol–water partition coefficient (Wildman–Crippen LogP) is 1.72. The molecule has 0 spiro atoms. The molecule has 0 bridgehead atoms. The Kier molecular flexibility index (Phi) is 13.1. The van der Waals surface area contributed by atoms with Crippen LogP contribution in [0.5, 0.6) is 12.0 Å². The highest BCUT2D eigenvalue weighted by Gasteiger charge is 2.07. The fourth-order valence-electron chi connectivity index (χ4n) is 2.25. The van der Waals surface area contributed by atoms with E-state index >= 15 is 0 Å². The average Bonchev–Trinajstić information content (AvgIpc) is 2.80. The summed E-state index contributed by atoms with van der Waals surface area (Å²) in [5, 5.41) is 6.18. The topological polar surface area (TPSA) is 138 Å². The normalized spacial score (nSPS) is 10.2. The molecular weight excluding hydrogens is 487 g/mol. The monoisotopic (exact) mass is 510 g/mol. The van der Waals surface area contributed by atoms with Gasteiger partial charge in [-0.2, -0.15) is 29.9 Å². The Balaban J connectivity index is 1.67. The van der Waals surface area contributed by atoms with E-state index in [0.717, 1.165) is 12.8 Å². The Hall–Kier alpha value is -3.16. The van der Waals surface area contributed by atoms with Crippen LogP contribution in [0, 0.1) is 24.7 Å².